The molecule has 0 bridgehead atoms. The summed E-state index contributed by atoms with van der Waals surface area (Å²) in [6.07, 6.45) is -22.7. The Balaban J connectivity index is 1.40. The molecule has 23 heteroatoms. The fourth-order valence-electron chi connectivity index (χ4n) is 5.76. The highest BCUT2D eigenvalue weighted by Gasteiger charge is 2.47. The fourth-order valence-corrected chi connectivity index (χ4v) is 5.76. The zero-order valence-electron chi connectivity index (χ0n) is 33.2. The monoisotopic (exact) mass is 880 g/mol. The number of hydrogen-bond acceptors (Lipinski definition) is 23. The average Bonchev–Trinajstić information content (AvgIpc) is 3.23. The van der Waals surface area contributed by atoms with Gasteiger partial charge < -0.3 is 93.7 Å². The van der Waals surface area contributed by atoms with Crippen molar-refractivity contribution in [3.63, 3.8) is 0 Å². The summed E-state index contributed by atoms with van der Waals surface area (Å²) in [4.78, 5) is 49.2. The second kappa shape index (κ2) is 24.8. The minimum atomic E-state index is -1.83. The number of esters is 4. The summed E-state index contributed by atoms with van der Waals surface area (Å²) in [6.45, 7) is 10.7. The van der Waals surface area contributed by atoms with Crippen molar-refractivity contribution in [1.29, 1.82) is 0 Å². The minimum absolute atomic E-state index is 0.00801. The van der Waals surface area contributed by atoms with Crippen LogP contribution >= 0.6 is 0 Å². The minimum Gasteiger partial charge on any atom is -0.459 e. The molecule has 23 nitrogen and oxygen atoms in total. The van der Waals surface area contributed by atoms with Gasteiger partial charge in [-0.3, -0.25) is 0 Å². The van der Waals surface area contributed by atoms with Crippen molar-refractivity contribution in [2.75, 3.05) is 52.9 Å². The second-order valence-electron chi connectivity index (χ2n) is 14.2. The summed E-state index contributed by atoms with van der Waals surface area (Å²) in [6, 6.07) is 0. The van der Waals surface area contributed by atoms with Crippen molar-refractivity contribution in [3.8, 4) is 0 Å². The Hall–Kier alpha value is -3.76. The number of aliphatic hydroxyl groups is 10. The molecule has 61 heavy (non-hydrogen) atoms. The lowest BCUT2D eigenvalue weighted by Gasteiger charge is -2.40. The number of carbonyl (C=O) groups excluding carboxylic acids is 4. The van der Waals surface area contributed by atoms with Crippen LogP contribution in [0.25, 0.3) is 0 Å². The summed E-state index contributed by atoms with van der Waals surface area (Å²) in [5, 5.41) is 101. The molecule has 346 valence electrons. The molecule has 3 rings (SSSR count). The van der Waals surface area contributed by atoms with E-state index in [1.165, 1.54) is 0 Å². The highest BCUT2D eigenvalue weighted by molar-refractivity contribution is 5.89. The molecule has 0 aromatic carbocycles. The molecule has 0 spiro atoms. The maximum atomic E-state index is 12.7. The van der Waals surface area contributed by atoms with Crippen molar-refractivity contribution in [1.82, 2.24) is 0 Å². The molecule has 0 aliphatic carbocycles. The van der Waals surface area contributed by atoms with E-state index in [0.717, 1.165) is 0 Å². The first-order chi connectivity index (χ1) is 28.8. The van der Waals surface area contributed by atoms with Gasteiger partial charge in [-0.2, -0.15) is 0 Å². The standard InChI is InChI=1S/C38H56O23/c1-17(5-9-39)33(49)56-13-21-25(41)26(42)22(14-55-21)59-36(52)20(4)8-12-54-38-32(48)30(46)28(44)24(61-38)16-58-35(51)19(3)7-11-53-37-31(47)29(45)27(43)23(60-37)15-57-34(50)18(2)6-10-40/h21-32,37-48H,1-16H2. The Kier molecular flexibility index (Phi) is 20.9. The topological polar surface area (TPSA) is 354 Å². The molecule has 3 fully saturated rings. The Morgan fingerprint density at radius 1 is 0.475 bits per heavy atom. The molecular weight excluding hydrogens is 824 g/mol. The molecule has 0 aromatic heterocycles. The highest BCUT2D eigenvalue weighted by Crippen LogP contribution is 2.26. The highest BCUT2D eigenvalue weighted by atomic mass is 16.7. The van der Waals surface area contributed by atoms with Crippen molar-refractivity contribution >= 4 is 23.9 Å². The van der Waals surface area contributed by atoms with Crippen molar-refractivity contribution in [2.24, 2.45) is 0 Å². The number of rotatable bonds is 23. The van der Waals surface area contributed by atoms with E-state index in [1.54, 1.807) is 0 Å². The molecule has 14 unspecified atom stereocenters. The van der Waals surface area contributed by atoms with E-state index in [1.807, 2.05) is 0 Å². The maximum Gasteiger partial charge on any atom is 0.333 e. The molecule has 0 aromatic rings. The van der Waals surface area contributed by atoms with Gasteiger partial charge in [0.2, 0.25) is 0 Å². The summed E-state index contributed by atoms with van der Waals surface area (Å²) in [5.41, 5.74) is -0.409. The summed E-state index contributed by atoms with van der Waals surface area (Å²) >= 11 is 0. The van der Waals surface area contributed by atoms with Gasteiger partial charge in [-0.15, -0.1) is 0 Å². The number of ether oxygens (including phenoxy) is 9. The maximum absolute atomic E-state index is 12.7. The molecule has 3 aliphatic rings. The first-order valence-corrected chi connectivity index (χ1v) is 19.1. The van der Waals surface area contributed by atoms with Crippen molar-refractivity contribution in [3.05, 3.63) is 48.6 Å². The van der Waals surface area contributed by atoms with E-state index in [-0.39, 0.29) is 81.0 Å². The Labute approximate surface area is 349 Å². The zero-order valence-corrected chi connectivity index (χ0v) is 33.2. The third kappa shape index (κ3) is 14.7. The second-order valence-corrected chi connectivity index (χ2v) is 14.2. The molecule has 0 amide bonds. The van der Waals surface area contributed by atoms with Crippen LogP contribution < -0.4 is 0 Å². The van der Waals surface area contributed by atoms with Gasteiger partial charge >= 0.3 is 23.9 Å². The van der Waals surface area contributed by atoms with Gasteiger partial charge in [-0.05, 0) is 0 Å². The predicted octanol–water partition coefficient (Wildman–Crippen LogP) is -4.93. The van der Waals surface area contributed by atoms with Crippen LogP contribution in [0, 0.1) is 0 Å². The molecule has 3 aliphatic heterocycles. The molecule has 14 atom stereocenters. The van der Waals surface area contributed by atoms with Crippen molar-refractivity contribution in [2.45, 2.75) is 112 Å². The first-order valence-electron chi connectivity index (χ1n) is 19.1. The lowest BCUT2D eigenvalue weighted by molar-refractivity contribution is -0.301. The van der Waals surface area contributed by atoms with Crippen LogP contribution in [0.3, 0.4) is 0 Å². The van der Waals surface area contributed by atoms with Crippen LogP contribution in [0.2, 0.25) is 0 Å². The van der Waals surface area contributed by atoms with E-state index in [4.69, 9.17) is 52.8 Å². The van der Waals surface area contributed by atoms with Gasteiger partial charge in [-0.25, -0.2) is 19.2 Å². The summed E-state index contributed by atoms with van der Waals surface area (Å²) in [7, 11) is 0. The van der Waals surface area contributed by atoms with Gasteiger partial charge in [0.25, 0.3) is 0 Å². The number of aliphatic hydroxyl groups excluding tert-OH is 10. The molecule has 10 N–H and O–H groups in total. The van der Waals surface area contributed by atoms with Crippen LogP contribution in [-0.4, -0.2) is 214 Å². The van der Waals surface area contributed by atoms with Crippen LogP contribution in [-0.2, 0) is 61.8 Å². The Morgan fingerprint density at radius 2 is 0.836 bits per heavy atom. The molecule has 0 saturated carbocycles. The van der Waals surface area contributed by atoms with E-state index >= 15 is 0 Å². The summed E-state index contributed by atoms with van der Waals surface area (Å²) in [5.74, 6) is -3.71. The van der Waals surface area contributed by atoms with E-state index < -0.39 is 130 Å². The van der Waals surface area contributed by atoms with Crippen LogP contribution in [0.5, 0.6) is 0 Å². The SMILES string of the molecule is C=C(CCO)C(=O)OCC1OCC(OC(=O)C(=C)CCOC2OC(COC(=O)C(=C)CCOC3OC(COC(=O)C(=C)CCO)C(O)C(O)C3O)C(O)C(O)C2O)C(O)C1O. The third-order valence-corrected chi connectivity index (χ3v) is 9.67. The average molecular weight is 881 g/mol. The molecule has 3 heterocycles. The van der Waals surface area contributed by atoms with Crippen LogP contribution in [0.15, 0.2) is 48.6 Å². The van der Waals surface area contributed by atoms with Gasteiger partial charge in [0.15, 0.2) is 18.7 Å². The van der Waals surface area contributed by atoms with E-state index in [2.05, 4.69) is 26.3 Å². The zero-order chi connectivity index (χ0) is 45.6. The van der Waals surface area contributed by atoms with Gasteiger partial charge in [0, 0.05) is 61.2 Å². The normalized spacial score (nSPS) is 32.6. The van der Waals surface area contributed by atoms with Crippen LogP contribution in [0.1, 0.15) is 25.7 Å². The molecule has 3 saturated heterocycles. The smallest absolute Gasteiger partial charge is 0.333 e. The van der Waals surface area contributed by atoms with E-state index in [9.17, 15) is 60.0 Å². The Bertz CT molecular complexity index is 1530. The lowest BCUT2D eigenvalue weighted by Crippen LogP contribution is -2.59. The number of hydrogen-bond donors (Lipinski definition) is 10. The van der Waals surface area contributed by atoms with Gasteiger partial charge in [0.1, 0.15) is 87.0 Å². The summed E-state index contributed by atoms with van der Waals surface area (Å²) < 4.78 is 47.6. The van der Waals surface area contributed by atoms with Crippen LogP contribution in [0.4, 0.5) is 0 Å². The molecule has 0 radical (unpaired) electrons. The van der Waals surface area contributed by atoms with Gasteiger partial charge in [0.05, 0.1) is 19.8 Å². The third-order valence-electron chi connectivity index (χ3n) is 9.67. The lowest BCUT2D eigenvalue weighted by atomic mass is 9.99. The van der Waals surface area contributed by atoms with Gasteiger partial charge in [-0.1, -0.05) is 26.3 Å². The number of carbonyl (C=O) groups is 4. The first kappa shape index (κ1) is 51.6. The predicted molar refractivity (Wildman–Crippen MR) is 199 cm³/mol. The molecular formula is C38H56O23. The quantitative estimate of drug-likeness (QED) is 0.0261. The largest absolute Gasteiger partial charge is 0.459 e. The van der Waals surface area contributed by atoms with E-state index in [0.29, 0.717) is 0 Å². The Morgan fingerprint density at radius 3 is 1.25 bits per heavy atom. The fraction of sp³-hybridized carbons (Fsp3) is 0.684. The van der Waals surface area contributed by atoms with Crippen molar-refractivity contribution < 1.29 is 113 Å².